The Bertz CT molecular complexity index is 1090. The second-order valence-corrected chi connectivity index (χ2v) is 9.46. The lowest BCUT2D eigenvalue weighted by Crippen LogP contribution is -2.65. The number of aliphatic carboxylic acids is 1. The molecule has 2 N–H and O–H groups in total. The third-order valence-electron chi connectivity index (χ3n) is 7.44. The van der Waals surface area contributed by atoms with Crippen molar-refractivity contribution in [3.63, 3.8) is 0 Å². The first kappa shape index (κ1) is 24.7. The molecule has 186 valence electrons. The van der Waals surface area contributed by atoms with Crippen LogP contribution in [0.2, 0.25) is 0 Å². The van der Waals surface area contributed by atoms with Gasteiger partial charge in [-0.2, -0.15) is 0 Å². The number of nitrogens with zero attached hydrogens (tertiary/aromatic N) is 1. The molecule has 0 saturated carbocycles. The van der Waals surface area contributed by atoms with Crippen LogP contribution in [0.15, 0.2) is 48.5 Å². The number of nitrogens with one attached hydrogen (secondary N) is 1. The van der Waals surface area contributed by atoms with E-state index < -0.39 is 29.0 Å². The first-order valence-corrected chi connectivity index (χ1v) is 11.9. The highest BCUT2D eigenvalue weighted by Gasteiger charge is 2.52. The highest BCUT2D eigenvalue weighted by molar-refractivity contribution is 5.95. The highest BCUT2D eigenvalue weighted by atomic mass is 16.5. The average Bonchev–Trinajstić information content (AvgIpc) is 3.41. The third-order valence-corrected chi connectivity index (χ3v) is 7.44. The number of benzene rings is 2. The fourth-order valence-corrected chi connectivity index (χ4v) is 5.34. The fourth-order valence-electron chi connectivity index (χ4n) is 5.34. The van der Waals surface area contributed by atoms with Crippen LogP contribution in [0.1, 0.15) is 50.2 Å². The Morgan fingerprint density at radius 2 is 1.71 bits per heavy atom. The van der Waals surface area contributed by atoms with Crippen LogP contribution in [0.25, 0.3) is 11.1 Å². The second-order valence-electron chi connectivity index (χ2n) is 9.46. The Kier molecular flexibility index (Phi) is 6.85. The molecule has 0 aromatic heterocycles. The van der Waals surface area contributed by atoms with Gasteiger partial charge in [0, 0.05) is 19.6 Å². The molecular formula is C27H32N2O6. The normalized spacial score (nSPS) is 20.6. The number of carboxylic acid groups (broad SMARTS) is 1. The van der Waals surface area contributed by atoms with Gasteiger partial charge in [0.15, 0.2) is 0 Å². The number of ether oxygens (including phenoxy) is 2. The first-order valence-electron chi connectivity index (χ1n) is 11.9. The van der Waals surface area contributed by atoms with Crippen LogP contribution in [0.5, 0.6) is 0 Å². The molecule has 2 aliphatic rings. The maximum atomic E-state index is 13.6. The van der Waals surface area contributed by atoms with Crippen LogP contribution in [-0.4, -0.2) is 65.9 Å². The van der Waals surface area contributed by atoms with Crippen molar-refractivity contribution in [2.75, 3.05) is 26.9 Å². The van der Waals surface area contributed by atoms with Gasteiger partial charge in [-0.15, -0.1) is 0 Å². The summed E-state index contributed by atoms with van der Waals surface area (Å²) >= 11 is 0. The number of likely N-dealkylation sites (tertiary alicyclic amines) is 1. The Morgan fingerprint density at radius 3 is 2.26 bits per heavy atom. The second kappa shape index (κ2) is 9.70. The summed E-state index contributed by atoms with van der Waals surface area (Å²) in [6.45, 7) is 3.62. The number of carbonyl (C=O) groups excluding carboxylic acids is 2. The minimum absolute atomic E-state index is 0.0985. The molecule has 0 radical (unpaired) electrons. The van der Waals surface area contributed by atoms with Crippen molar-refractivity contribution < 1.29 is 29.0 Å². The first-order chi connectivity index (χ1) is 16.8. The van der Waals surface area contributed by atoms with E-state index in [0.717, 1.165) is 22.3 Å². The summed E-state index contributed by atoms with van der Waals surface area (Å²) in [6, 6.07) is 16.1. The third kappa shape index (κ3) is 4.27. The molecule has 1 saturated heterocycles. The summed E-state index contributed by atoms with van der Waals surface area (Å²) in [5, 5.41) is 12.5. The van der Waals surface area contributed by atoms with Gasteiger partial charge in [0.2, 0.25) is 0 Å². The molecule has 2 unspecified atom stereocenters. The smallest absolute Gasteiger partial charge is 0.408 e. The van der Waals surface area contributed by atoms with E-state index in [9.17, 15) is 19.5 Å². The minimum atomic E-state index is -1.43. The molecule has 1 heterocycles. The van der Waals surface area contributed by atoms with Crippen molar-refractivity contribution in [3.8, 4) is 11.1 Å². The standard InChI is InChI=1S/C27H32N2O6/c1-4-27(17-34-3,23(30)29-15-9-14-26(29,2)24(31)32)28-25(33)35-16-22-20-12-7-5-10-18(20)19-11-6-8-13-21(19)22/h5-8,10-13,22H,4,9,14-17H2,1-3H3,(H,28,33)(H,31,32). The molecule has 0 spiro atoms. The zero-order valence-electron chi connectivity index (χ0n) is 20.4. The Balaban J connectivity index is 1.52. The number of hydrogen-bond acceptors (Lipinski definition) is 5. The maximum absolute atomic E-state index is 13.6. The number of amides is 2. The summed E-state index contributed by atoms with van der Waals surface area (Å²) in [6.07, 6.45) is 0.407. The molecule has 2 amide bonds. The van der Waals surface area contributed by atoms with Gasteiger partial charge in [-0.3, -0.25) is 4.79 Å². The zero-order chi connectivity index (χ0) is 25.2. The Hall–Kier alpha value is -3.39. The van der Waals surface area contributed by atoms with E-state index in [1.54, 1.807) is 13.8 Å². The van der Waals surface area contributed by atoms with E-state index in [-0.39, 0.29) is 25.6 Å². The van der Waals surface area contributed by atoms with E-state index in [0.29, 0.717) is 19.4 Å². The molecule has 2 aromatic rings. The highest BCUT2D eigenvalue weighted by Crippen LogP contribution is 2.44. The lowest BCUT2D eigenvalue weighted by molar-refractivity contribution is -0.159. The van der Waals surface area contributed by atoms with Crippen molar-refractivity contribution in [1.82, 2.24) is 10.2 Å². The summed E-state index contributed by atoms with van der Waals surface area (Å²) in [5.41, 5.74) is 1.66. The predicted octanol–water partition coefficient (Wildman–Crippen LogP) is 3.79. The topological polar surface area (TPSA) is 105 Å². The van der Waals surface area contributed by atoms with Gasteiger partial charge in [0.1, 0.15) is 17.7 Å². The number of rotatable bonds is 8. The van der Waals surface area contributed by atoms with Crippen LogP contribution in [0.3, 0.4) is 0 Å². The van der Waals surface area contributed by atoms with Crippen LogP contribution < -0.4 is 5.32 Å². The lowest BCUT2D eigenvalue weighted by atomic mass is 9.91. The molecular weight excluding hydrogens is 448 g/mol. The molecule has 1 fully saturated rings. The van der Waals surface area contributed by atoms with E-state index >= 15 is 0 Å². The number of fused-ring (bicyclic) bond motifs is 3. The zero-order valence-corrected chi connectivity index (χ0v) is 20.4. The van der Waals surface area contributed by atoms with E-state index in [1.165, 1.54) is 12.0 Å². The SMILES string of the molecule is CCC(COC)(NC(=O)OCC1c2ccccc2-c2ccccc21)C(=O)N1CCCC1(C)C(=O)O. The van der Waals surface area contributed by atoms with Crippen LogP contribution in [0.4, 0.5) is 4.79 Å². The van der Waals surface area contributed by atoms with Gasteiger partial charge in [0.05, 0.1) is 6.61 Å². The van der Waals surface area contributed by atoms with E-state index in [2.05, 4.69) is 17.4 Å². The Morgan fingerprint density at radius 1 is 1.11 bits per heavy atom. The van der Waals surface area contributed by atoms with Gasteiger partial charge < -0.3 is 24.8 Å². The summed E-state index contributed by atoms with van der Waals surface area (Å²) in [7, 11) is 1.44. The molecule has 8 nitrogen and oxygen atoms in total. The van der Waals surface area contributed by atoms with Crippen LogP contribution in [-0.2, 0) is 19.1 Å². The van der Waals surface area contributed by atoms with Gasteiger partial charge in [-0.1, -0.05) is 55.5 Å². The number of carbonyl (C=O) groups is 3. The van der Waals surface area contributed by atoms with Crippen molar-refractivity contribution >= 4 is 18.0 Å². The van der Waals surface area contributed by atoms with Gasteiger partial charge in [0.25, 0.3) is 5.91 Å². The predicted molar refractivity (Wildman–Crippen MR) is 130 cm³/mol. The largest absolute Gasteiger partial charge is 0.480 e. The van der Waals surface area contributed by atoms with Crippen molar-refractivity contribution in [3.05, 3.63) is 59.7 Å². The summed E-state index contributed by atoms with van der Waals surface area (Å²) < 4.78 is 11.0. The van der Waals surface area contributed by atoms with E-state index in [1.807, 2.05) is 36.4 Å². The molecule has 1 aliphatic heterocycles. The molecule has 35 heavy (non-hydrogen) atoms. The van der Waals surface area contributed by atoms with Gasteiger partial charge in [-0.25, -0.2) is 9.59 Å². The molecule has 2 aromatic carbocycles. The number of alkyl carbamates (subject to hydrolysis) is 1. The van der Waals surface area contributed by atoms with Gasteiger partial charge in [-0.05, 0) is 48.4 Å². The van der Waals surface area contributed by atoms with Gasteiger partial charge >= 0.3 is 12.1 Å². The molecule has 1 aliphatic carbocycles. The number of carboxylic acids is 1. The molecule has 0 bridgehead atoms. The monoisotopic (exact) mass is 480 g/mol. The minimum Gasteiger partial charge on any atom is -0.480 e. The quantitative estimate of drug-likeness (QED) is 0.596. The average molecular weight is 481 g/mol. The lowest BCUT2D eigenvalue weighted by Gasteiger charge is -2.40. The van der Waals surface area contributed by atoms with Crippen molar-refractivity contribution in [1.29, 1.82) is 0 Å². The number of methoxy groups -OCH3 is 1. The van der Waals surface area contributed by atoms with Crippen molar-refractivity contribution in [2.45, 2.75) is 50.1 Å². The molecule has 8 heteroatoms. The Labute approximate surface area is 205 Å². The molecule has 4 rings (SSSR count). The summed E-state index contributed by atoms with van der Waals surface area (Å²) in [4.78, 5) is 40.0. The molecule has 2 atom stereocenters. The van der Waals surface area contributed by atoms with Crippen LogP contribution in [0, 0.1) is 0 Å². The fraction of sp³-hybridized carbons (Fsp3) is 0.444. The number of hydrogen-bond donors (Lipinski definition) is 2. The van der Waals surface area contributed by atoms with Crippen molar-refractivity contribution in [2.24, 2.45) is 0 Å². The van der Waals surface area contributed by atoms with E-state index in [4.69, 9.17) is 9.47 Å². The summed E-state index contributed by atoms with van der Waals surface area (Å²) in [5.74, 6) is -1.65. The maximum Gasteiger partial charge on any atom is 0.408 e. The van der Waals surface area contributed by atoms with Crippen LogP contribution >= 0.6 is 0 Å².